The molecule has 1 aliphatic heterocycles. The summed E-state index contributed by atoms with van der Waals surface area (Å²) in [7, 11) is 0. The number of carbonyl (C=O) groups is 2. The van der Waals surface area contributed by atoms with Gasteiger partial charge >= 0.3 is 12.2 Å². The van der Waals surface area contributed by atoms with E-state index >= 15 is 0 Å². The molecule has 0 aliphatic carbocycles. The predicted molar refractivity (Wildman–Crippen MR) is 108 cm³/mol. The maximum absolute atomic E-state index is 13.6. The summed E-state index contributed by atoms with van der Waals surface area (Å²) in [5.74, 6) is -5.39. The van der Waals surface area contributed by atoms with E-state index in [2.05, 4.69) is 5.32 Å². The van der Waals surface area contributed by atoms with Crippen LogP contribution in [0.4, 0.5) is 22.4 Å². The number of ketones is 1. The summed E-state index contributed by atoms with van der Waals surface area (Å²) in [4.78, 5) is 24.8. The minimum Gasteiger partial charge on any atom is -0.459 e. The van der Waals surface area contributed by atoms with E-state index in [1.54, 1.807) is 24.3 Å². The number of alkyl halides is 3. The molecule has 6 nitrogen and oxygen atoms in total. The highest BCUT2D eigenvalue weighted by atomic mass is 35.5. The molecule has 1 aliphatic rings. The van der Waals surface area contributed by atoms with Crippen molar-refractivity contribution in [2.75, 3.05) is 0 Å². The van der Waals surface area contributed by atoms with Gasteiger partial charge in [0.1, 0.15) is 29.3 Å². The molecule has 0 saturated carbocycles. The quantitative estimate of drug-likeness (QED) is 0.471. The van der Waals surface area contributed by atoms with Crippen molar-refractivity contribution < 1.29 is 36.7 Å². The smallest absolute Gasteiger partial charge is 0.450 e. The third kappa shape index (κ3) is 4.19. The number of furan rings is 1. The molecule has 1 saturated heterocycles. The molecule has 4 rings (SSSR count). The second kappa shape index (κ2) is 8.20. The molecular formula is C22H15ClF4N2O4. The van der Waals surface area contributed by atoms with Crippen LogP contribution in [0.25, 0.3) is 11.3 Å². The summed E-state index contributed by atoms with van der Waals surface area (Å²) in [5, 5.41) is 15.7. The maximum atomic E-state index is 13.6. The zero-order valence-electron chi connectivity index (χ0n) is 16.5. The third-order valence-corrected chi connectivity index (χ3v) is 5.62. The number of carbonyl (C=O) groups excluding carboxylic acids is 2. The molecule has 33 heavy (non-hydrogen) atoms. The number of urea groups is 1. The van der Waals surface area contributed by atoms with Crippen LogP contribution < -0.4 is 10.6 Å². The number of aliphatic hydroxyl groups is 1. The number of halogens is 5. The van der Waals surface area contributed by atoms with Crippen molar-refractivity contribution in [2.45, 2.75) is 17.9 Å². The van der Waals surface area contributed by atoms with Crippen molar-refractivity contribution in [3.8, 4) is 11.3 Å². The van der Waals surface area contributed by atoms with Gasteiger partial charge in [-0.25, -0.2) is 9.18 Å². The largest absolute Gasteiger partial charge is 0.459 e. The Morgan fingerprint density at radius 1 is 1.06 bits per heavy atom. The van der Waals surface area contributed by atoms with Gasteiger partial charge in [0.2, 0.25) is 5.78 Å². The van der Waals surface area contributed by atoms with Gasteiger partial charge in [0.05, 0.1) is 5.02 Å². The van der Waals surface area contributed by atoms with Crippen molar-refractivity contribution in [2.24, 2.45) is 5.92 Å². The van der Waals surface area contributed by atoms with E-state index in [1.807, 2.05) is 5.32 Å². The van der Waals surface area contributed by atoms with Gasteiger partial charge in [-0.3, -0.25) is 4.79 Å². The first-order valence-corrected chi connectivity index (χ1v) is 9.91. The van der Waals surface area contributed by atoms with E-state index < -0.39 is 41.5 Å². The van der Waals surface area contributed by atoms with Gasteiger partial charge in [-0.15, -0.1) is 0 Å². The number of benzene rings is 2. The Morgan fingerprint density at radius 2 is 1.73 bits per heavy atom. The lowest BCUT2D eigenvalue weighted by Crippen LogP contribution is -2.66. The monoisotopic (exact) mass is 482 g/mol. The average Bonchev–Trinajstić information content (AvgIpc) is 3.23. The molecule has 2 aromatic carbocycles. The van der Waals surface area contributed by atoms with Crippen molar-refractivity contribution in [3.63, 3.8) is 0 Å². The van der Waals surface area contributed by atoms with Crippen LogP contribution in [0.3, 0.4) is 0 Å². The van der Waals surface area contributed by atoms with E-state index in [-0.39, 0.29) is 17.1 Å². The SMILES string of the molecule is O=C1N[C@H](c2ccc(-c3ccccc3Cl)o2)[C@H](C(=O)C(F)(F)F)[C@@](O)(c2ccc(F)cc2)N1. The van der Waals surface area contributed by atoms with Crippen molar-refractivity contribution in [1.29, 1.82) is 0 Å². The summed E-state index contributed by atoms with van der Waals surface area (Å²) in [6, 6.07) is 10.2. The molecule has 2 amide bonds. The molecular weight excluding hydrogens is 468 g/mol. The molecule has 3 N–H and O–H groups in total. The molecule has 1 aromatic heterocycles. The second-order valence-corrected chi connectivity index (χ2v) is 7.78. The lowest BCUT2D eigenvalue weighted by Gasteiger charge is -2.44. The fourth-order valence-electron chi connectivity index (χ4n) is 3.79. The van der Waals surface area contributed by atoms with Crippen molar-refractivity contribution in [1.82, 2.24) is 10.6 Å². The van der Waals surface area contributed by atoms with Crippen LogP contribution in [0.15, 0.2) is 65.1 Å². The summed E-state index contributed by atoms with van der Waals surface area (Å²) in [6.07, 6.45) is -5.36. The summed E-state index contributed by atoms with van der Waals surface area (Å²) >= 11 is 6.14. The van der Waals surface area contributed by atoms with Crippen molar-refractivity contribution in [3.05, 3.63) is 82.8 Å². The number of amides is 2. The molecule has 0 spiro atoms. The molecule has 1 fully saturated rings. The Morgan fingerprint density at radius 3 is 2.36 bits per heavy atom. The molecule has 11 heteroatoms. The minimum atomic E-state index is -5.36. The summed E-state index contributed by atoms with van der Waals surface area (Å²) in [6.45, 7) is 0. The average molecular weight is 483 g/mol. The zero-order valence-corrected chi connectivity index (χ0v) is 17.2. The molecule has 2 heterocycles. The number of Topliss-reactive ketones (excluding diaryl/α,β-unsaturated/α-hetero) is 1. The Bertz CT molecular complexity index is 1210. The van der Waals surface area contributed by atoms with E-state index in [4.69, 9.17) is 16.0 Å². The van der Waals surface area contributed by atoms with E-state index in [0.717, 1.165) is 24.3 Å². The lowest BCUT2D eigenvalue weighted by molar-refractivity contribution is -0.190. The van der Waals surface area contributed by atoms with Crippen LogP contribution in [0.5, 0.6) is 0 Å². The Balaban J connectivity index is 1.84. The molecule has 0 radical (unpaired) electrons. The van der Waals surface area contributed by atoms with Crippen LogP contribution in [-0.2, 0) is 10.5 Å². The van der Waals surface area contributed by atoms with Gasteiger partial charge in [-0.1, -0.05) is 35.9 Å². The van der Waals surface area contributed by atoms with Gasteiger partial charge < -0.3 is 20.2 Å². The van der Waals surface area contributed by atoms with Crippen molar-refractivity contribution >= 4 is 23.4 Å². The highest BCUT2D eigenvalue weighted by molar-refractivity contribution is 6.33. The Kier molecular flexibility index (Phi) is 5.67. The first kappa shape index (κ1) is 22.8. The van der Waals surface area contributed by atoms with E-state index in [1.165, 1.54) is 12.1 Å². The Labute approximate surface area is 189 Å². The van der Waals surface area contributed by atoms with E-state index in [9.17, 15) is 32.3 Å². The third-order valence-electron chi connectivity index (χ3n) is 5.29. The summed E-state index contributed by atoms with van der Waals surface area (Å²) < 4.78 is 59.7. The van der Waals surface area contributed by atoms with Gasteiger partial charge in [-0.05, 0) is 36.4 Å². The highest BCUT2D eigenvalue weighted by Crippen LogP contribution is 2.44. The topological polar surface area (TPSA) is 91.6 Å². The number of hydrogen-bond donors (Lipinski definition) is 3. The summed E-state index contributed by atoms with van der Waals surface area (Å²) in [5.41, 5.74) is -2.70. The number of nitrogens with one attached hydrogen (secondary N) is 2. The molecule has 3 atom stereocenters. The predicted octanol–water partition coefficient (Wildman–Crippen LogP) is 4.69. The molecule has 0 bridgehead atoms. The second-order valence-electron chi connectivity index (χ2n) is 7.37. The van der Waals surface area contributed by atoms with Crippen LogP contribution in [0, 0.1) is 11.7 Å². The van der Waals surface area contributed by atoms with Gasteiger partial charge in [0.15, 0.2) is 5.72 Å². The Hall–Kier alpha value is -3.37. The standard InChI is InChI=1S/C22H15ClF4N2O4/c23-14-4-2-1-3-13(14)15-9-10-16(33-15)18-17(19(30)22(25,26)27)21(32,29-20(31)28-18)11-5-7-12(24)8-6-11/h1-10,17-18,32H,(H2,28,29,31)/t17-,18-,21+/m1/s1. The van der Waals surface area contributed by atoms with Crippen LogP contribution >= 0.6 is 11.6 Å². The molecule has 0 unspecified atom stereocenters. The number of rotatable bonds is 4. The molecule has 172 valence electrons. The molecule has 3 aromatic rings. The maximum Gasteiger partial charge on any atom is 0.450 e. The van der Waals surface area contributed by atoms with Gasteiger partial charge in [0.25, 0.3) is 0 Å². The number of hydrogen-bond acceptors (Lipinski definition) is 4. The zero-order chi connectivity index (χ0) is 24.0. The van der Waals surface area contributed by atoms with Gasteiger partial charge in [-0.2, -0.15) is 13.2 Å². The van der Waals surface area contributed by atoms with Crippen LogP contribution in [0.1, 0.15) is 17.4 Å². The minimum absolute atomic E-state index is 0.173. The highest BCUT2D eigenvalue weighted by Gasteiger charge is 2.60. The first-order chi connectivity index (χ1) is 15.5. The van der Waals surface area contributed by atoms with Gasteiger partial charge in [0, 0.05) is 11.1 Å². The van der Waals surface area contributed by atoms with Crippen LogP contribution in [0.2, 0.25) is 5.02 Å². The fraction of sp³-hybridized carbons (Fsp3) is 0.182. The first-order valence-electron chi connectivity index (χ1n) is 9.53. The fourth-order valence-corrected chi connectivity index (χ4v) is 4.02. The van der Waals surface area contributed by atoms with E-state index in [0.29, 0.717) is 10.6 Å². The normalized spacial score (nSPS) is 23.0. The lowest BCUT2D eigenvalue weighted by atomic mass is 9.77. The van der Waals surface area contributed by atoms with Crippen LogP contribution in [-0.4, -0.2) is 23.1 Å².